The molecule has 1 aromatic heterocycles. The first-order valence-corrected chi connectivity index (χ1v) is 11.4. The number of hydrogen-bond acceptors (Lipinski definition) is 5. The maximum absolute atomic E-state index is 12.2. The fourth-order valence-electron chi connectivity index (χ4n) is 3.28. The molecule has 1 aliphatic rings. The number of amides is 1. The Morgan fingerprint density at radius 2 is 2.21 bits per heavy atom. The summed E-state index contributed by atoms with van der Waals surface area (Å²) >= 11 is 1.48. The molecule has 1 saturated heterocycles. The molecule has 1 N–H and O–H groups in total. The molecule has 7 heteroatoms. The summed E-state index contributed by atoms with van der Waals surface area (Å²) in [6.07, 6.45) is 5.32. The van der Waals surface area contributed by atoms with E-state index in [1.54, 1.807) is 0 Å². The first kappa shape index (κ1) is 21.9. The molecule has 1 aromatic carbocycles. The molecule has 1 unspecified atom stereocenters. The summed E-state index contributed by atoms with van der Waals surface area (Å²) in [4.78, 5) is 16.8. The third-order valence-corrected chi connectivity index (χ3v) is 5.72. The number of rotatable bonds is 11. The minimum absolute atomic E-state index is 0.0208. The van der Waals surface area contributed by atoms with Crippen LogP contribution in [0.4, 0.5) is 0 Å². The second-order valence-electron chi connectivity index (χ2n) is 7.45. The number of carbonyl (C=O) groups is 1. The molecule has 0 radical (unpaired) electrons. The molecule has 2 heterocycles. The monoisotopic (exact) mass is 417 g/mol. The second-order valence-corrected chi connectivity index (χ2v) is 8.39. The summed E-state index contributed by atoms with van der Waals surface area (Å²) in [6, 6.07) is 10.2. The Bertz CT molecular complexity index is 758. The van der Waals surface area contributed by atoms with Gasteiger partial charge >= 0.3 is 0 Å². The molecule has 1 fully saturated rings. The predicted molar refractivity (Wildman–Crippen MR) is 116 cm³/mol. The van der Waals surface area contributed by atoms with Crippen molar-refractivity contribution < 1.29 is 14.3 Å². The fraction of sp³-hybridized carbons (Fsp3) is 0.545. The lowest BCUT2D eigenvalue weighted by Gasteiger charge is -2.16. The van der Waals surface area contributed by atoms with Gasteiger partial charge in [-0.3, -0.25) is 4.79 Å². The second kappa shape index (κ2) is 11.4. The van der Waals surface area contributed by atoms with Crippen LogP contribution in [-0.4, -0.2) is 53.2 Å². The number of nitrogens with one attached hydrogen (secondary N) is 1. The van der Waals surface area contributed by atoms with E-state index in [0.29, 0.717) is 18.9 Å². The molecule has 29 heavy (non-hydrogen) atoms. The number of thioether (sulfide) groups is 1. The maximum atomic E-state index is 12.2. The molecule has 158 valence electrons. The van der Waals surface area contributed by atoms with E-state index >= 15 is 0 Å². The van der Waals surface area contributed by atoms with Crippen LogP contribution in [0.25, 0.3) is 11.3 Å². The van der Waals surface area contributed by atoms with Gasteiger partial charge in [0.25, 0.3) is 0 Å². The van der Waals surface area contributed by atoms with Gasteiger partial charge in [0.05, 0.1) is 36.4 Å². The lowest BCUT2D eigenvalue weighted by atomic mass is 10.1. The van der Waals surface area contributed by atoms with Gasteiger partial charge < -0.3 is 19.4 Å². The average molecular weight is 418 g/mol. The Kier molecular flexibility index (Phi) is 8.58. The Morgan fingerprint density at radius 3 is 2.93 bits per heavy atom. The number of ether oxygens (including phenoxy) is 2. The lowest BCUT2D eigenvalue weighted by molar-refractivity contribution is -0.118. The van der Waals surface area contributed by atoms with Crippen molar-refractivity contribution >= 4 is 17.7 Å². The molecule has 1 atom stereocenters. The Balaban J connectivity index is 1.58. The number of nitrogens with zero attached hydrogens (tertiary/aromatic N) is 2. The molecule has 0 saturated carbocycles. The van der Waals surface area contributed by atoms with Crippen molar-refractivity contribution in [3.63, 3.8) is 0 Å². The summed E-state index contributed by atoms with van der Waals surface area (Å²) in [5, 5.41) is 3.82. The predicted octanol–water partition coefficient (Wildman–Crippen LogP) is 3.75. The van der Waals surface area contributed by atoms with Gasteiger partial charge in [0.15, 0.2) is 5.16 Å². The van der Waals surface area contributed by atoms with Gasteiger partial charge in [0.2, 0.25) is 5.91 Å². The number of benzene rings is 1. The van der Waals surface area contributed by atoms with Gasteiger partial charge in [0, 0.05) is 19.8 Å². The van der Waals surface area contributed by atoms with Crippen LogP contribution >= 0.6 is 11.8 Å². The maximum Gasteiger partial charge on any atom is 0.230 e. The van der Waals surface area contributed by atoms with Crippen molar-refractivity contribution in [2.75, 3.05) is 25.5 Å². The number of aromatic nitrogens is 2. The van der Waals surface area contributed by atoms with Crippen molar-refractivity contribution in [2.45, 2.75) is 57.0 Å². The van der Waals surface area contributed by atoms with Crippen molar-refractivity contribution in [3.8, 4) is 11.3 Å². The molecule has 3 rings (SSSR count). The highest BCUT2D eigenvalue weighted by Gasteiger charge is 2.21. The zero-order valence-electron chi connectivity index (χ0n) is 17.3. The van der Waals surface area contributed by atoms with E-state index in [-0.39, 0.29) is 18.1 Å². The summed E-state index contributed by atoms with van der Waals surface area (Å²) in [7, 11) is 0. The van der Waals surface area contributed by atoms with E-state index in [0.717, 1.165) is 48.8 Å². The van der Waals surface area contributed by atoms with Gasteiger partial charge in [-0.25, -0.2) is 4.98 Å². The van der Waals surface area contributed by atoms with E-state index in [9.17, 15) is 4.79 Å². The third-order valence-electron chi connectivity index (χ3n) is 4.73. The van der Waals surface area contributed by atoms with E-state index in [1.807, 2.05) is 38.2 Å². The van der Waals surface area contributed by atoms with Gasteiger partial charge in [-0.05, 0) is 38.7 Å². The van der Waals surface area contributed by atoms with Crippen LogP contribution in [0.3, 0.4) is 0 Å². The lowest BCUT2D eigenvalue weighted by Crippen LogP contribution is -2.27. The zero-order valence-corrected chi connectivity index (χ0v) is 18.1. The van der Waals surface area contributed by atoms with Crippen LogP contribution in [0, 0.1) is 0 Å². The zero-order chi connectivity index (χ0) is 20.5. The summed E-state index contributed by atoms with van der Waals surface area (Å²) in [6.45, 7) is 6.91. The molecular formula is C22H31N3O3S. The Labute approximate surface area is 177 Å². The minimum Gasteiger partial charge on any atom is -0.379 e. The molecule has 0 spiro atoms. The van der Waals surface area contributed by atoms with E-state index in [2.05, 4.69) is 27.0 Å². The molecule has 1 aliphatic heterocycles. The van der Waals surface area contributed by atoms with E-state index < -0.39 is 0 Å². The van der Waals surface area contributed by atoms with Crippen LogP contribution in [0.2, 0.25) is 0 Å². The van der Waals surface area contributed by atoms with Crippen molar-refractivity contribution in [2.24, 2.45) is 0 Å². The standard InChI is InChI=1S/C22H31N3O3S/c1-17(2)27-13-7-11-23-21(26)16-29-22-24-14-20(18-8-4-3-5-9-18)25(22)15-19-10-6-12-28-19/h3-5,8-9,14,17,19H,6-7,10-13,15-16H2,1-2H3,(H,23,26). The quantitative estimate of drug-likeness (QED) is 0.446. The molecule has 0 aliphatic carbocycles. The van der Waals surface area contributed by atoms with E-state index in [4.69, 9.17) is 9.47 Å². The third kappa shape index (κ3) is 6.87. The van der Waals surface area contributed by atoms with Crippen molar-refractivity contribution in [1.29, 1.82) is 0 Å². The normalized spacial score (nSPS) is 16.4. The van der Waals surface area contributed by atoms with E-state index in [1.165, 1.54) is 11.8 Å². The van der Waals surface area contributed by atoms with Crippen LogP contribution in [0.5, 0.6) is 0 Å². The summed E-state index contributed by atoms with van der Waals surface area (Å²) in [5.41, 5.74) is 2.19. The Morgan fingerprint density at radius 1 is 1.38 bits per heavy atom. The molecule has 6 nitrogen and oxygen atoms in total. The van der Waals surface area contributed by atoms with Crippen molar-refractivity contribution in [1.82, 2.24) is 14.9 Å². The number of imidazole rings is 1. The highest BCUT2D eigenvalue weighted by Crippen LogP contribution is 2.28. The first-order valence-electron chi connectivity index (χ1n) is 10.4. The SMILES string of the molecule is CC(C)OCCCNC(=O)CSc1ncc(-c2ccccc2)n1CC1CCCO1. The van der Waals surface area contributed by atoms with Gasteiger partial charge in [-0.2, -0.15) is 0 Å². The minimum atomic E-state index is 0.0208. The molecular weight excluding hydrogens is 386 g/mol. The molecule has 2 aromatic rings. The van der Waals surface area contributed by atoms with Crippen LogP contribution in [0.1, 0.15) is 33.1 Å². The van der Waals surface area contributed by atoms with Gasteiger partial charge in [-0.15, -0.1) is 0 Å². The highest BCUT2D eigenvalue weighted by atomic mass is 32.2. The summed E-state index contributed by atoms with van der Waals surface area (Å²) < 4.78 is 13.5. The smallest absolute Gasteiger partial charge is 0.230 e. The van der Waals surface area contributed by atoms with Crippen LogP contribution in [-0.2, 0) is 20.8 Å². The van der Waals surface area contributed by atoms with Crippen LogP contribution in [0.15, 0.2) is 41.7 Å². The Hall–Kier alpha value is -1.83. The number of hydrogen-bond donors (Lipinski definition) is 1. The number of carbonyl (C=O) groups excluding carboxylic acids is 1. The van der Waals surface area contributed by atoms with Gasteiger partial charge in [0.1, 0.15) is 0 Å². The van der Waals surface area contributed by atoms with Crippen LogP contribution < -0.4 is 5.32 Å². The first-order chi connectivity index (χ1) is 14.1. The molecule has 1 amide bonds. The average Bonchev–Trinajstić information content (AvgIpc) is 3.37. The highest BCUT2D eigenvalue weighted by molar-refractivity contribution is 7.99. The largest absolute Gasteiger partial charge is 0.379 e. The summed E-state index contributed by atoms with van der Waals surface area (Å²) in [5.74, 6) is 0.370. The fourth-order valence-corrected chi connectivity index (χ4v) is 4.10. The molecule has 0 bridgehead atoms. The topological polar surface area (TPSA) is 65.4 Å². The van der Waals surface area contributed by atoms with Gasteiger partial charge in [-0.1, -0.05) is 42.1 Å². The van der Waals surface area contributed by atoms with Crippen molar-refractivity contribution in [3.05, 3.63) is 36.5 Å².